The van der Waals surface area contributed by atoms with Crippen LogP contribution in [0.1, 0.15) is 0 Å². The van der Waals surface area contributed by atoms with Gasteiger partial charge < -0.3 is 10.6 Å². The highest BCUT2D eigenvalue weighted by Gasteiger charge is 1.99. The summed E-state index contributed by atoms with van der Waals surface area (Å²) >= 11 is 17.4. The van der Waals surface area contributed by atoms with Crippen molar-refractivity contribution in [2.45, 2.75) is 0 Å². The predicted molar refractivity (Wildman–Crippen MR) is 121 cm³/mol. The zero-order valence-electron chi connectivity index (χ0n) is 15.3. The fourth-order valence-electron chi connectivity index (χ4n) is 2.23. The largest absolute Gasteiger partial charge is 0.326 e. The smallest absolute Gasteiger partial charge is 0.252 e. The van der Waals surface area contributed by atoms with E-state index in [1.807, 2.05) is 24.3 Å². The summed E-state index contributed by atoms with van der Waals surface area (Å²) in [6.45, 7) is 0. The van der Waals surface area contributed by atoms with Crippen LogP contribution in [-0.4, -0.2) is 19.9 Å². The van der Waals surface area contributed by atoms with Crippen LogP contribution in [-0.2, 0) is 0 Å². The Balaban J connectivity index is 0.000000171. The Kier molecular flexibility index (Phi) is 7.62. The van der Waals surface area contributed by atoms with Gasteiger partial charge in [0.15, 0.2) is 0 Å². The summed E-state index contributed by atoms with van der Waals surface area (Å²) in [6, 6.07) is 17.4. The van der Waals surface area contributed by atoms with E-state index in [0.717, 1.165) is 11.4 Å². The van der Waals surface area contributed by atoms with Gasteiger partial charge in [-0.15, -0.1) is 0 Å². The second kappa shape index (κ2) is 10.6. The van der Waals surface area contributed by atoms with Crippen LogP contribution in [0.3, 0.4) is 0 Å². The minimum absolute atomic E-state index is 0.200. The second-order valence-corrected chi connectivity index (χ2v) is 7.02. The lowest BCUT2D eigenvalue weighted by Gasteiger charge is -2.04. The Labute approximate surface area is 187 Å². The minimum atomic E-state index is -0.200. The van der Waals surface area contributed by atoms with Crippen molar-refractivity contribution in [3.8, 4) is 0 Å². The summed E-state index contributed by atoms with van der Waals surface area (Å²) in [5.41, 5.74) is 1.40. The van der Waals surface area contributed by atoms with Crippen molar-refractivity contribution in [1.82, 2.24) is 19.9 Å². The Morgan fingerprint density at radius 1 is 0.767 bits per heavy atom. The van der Waals surface area contributed by atoms with Gasteiger partial charge in [0.2, 0.25) is 11.9 Å². The Hall–Kier alpha value is -3.13. The molecule has 2 aromatic carbocycles. The molecule has 0 bridgehead atoms. The molecule has 4 rings (SSSR count). The average Bonchev–Trinajstić information content (AvgIpc) is 2.69. The van der Waals surface area contributed by atoms with E-state index in [1.165, 1.54) is 12.3 Å². The summed E-state index contributed by atoms with van der Waals surface area (Å²) in [4.78, 5) is 25.5. The van der Waals surface area contributed by atoms with Crippen LogP contribution in [0.2, 0.25) is 15.2 Å². The molecule has 0 aliphatic heterocycles. The third kappa shape index (κ3) is 7.04. The number of aromatic amines is 1. The third-order valence-electron chi connectivity index (χ3n) is 3.46. The number of aromatic nitrogens is 4. The van der Waals surface area contributed by atoms with Crippen molar-refractivity contribution in [2.75, 3.05) is 10.6 Å². The molecule has 0 unspecified atom stereocenters. The van der Waals surface area contributed by atoms with Crippen molar-refractivity contribution in [1.29, 1.82) is 0 Å². The number of hydrogen-bond donors (Lipinski definition) is 3. The first kappa shape index (κ1) is 21.6. The van der Waals surface area contributed by atoms with Crippen LogP contribution >= 0.6 is 34.8 Å². The summed E-state index contributed by atoms with van der Waals surface area (Å²) in [7, 11) is 0. The fraction of sp³-hybridized carbons (Fsp3) is 0. The monoisotopic (exact) mass is 460 g/mol. The summed E-state index contributed by atoms with van der Waals surface area (Å²) in [5, 5.41) is 7.60. The Morgan fingerprint density at radius 2 is 1.40 bits per heavy atom. The highest BCUT2D eigenvalue weighted by molar-refractivity contribution is 6.31. The molecular formula is C20H15Cl3N6O. The van der Waals surface area contributed by atoms with Gasteiger partial charge in [0, 0.05) is 39.9 Å². The van der Waals surface area contributed by atoms with Crippen LogP contribution in [0.4, 0.5) is 23.3 Å². The van der Waals surface area contributed by atoms with Crippen LogP contribution in [0.15, 0.2) is 77.9 Å². The maximum Gasteiger partial charge on any atom is 0.252 e. The van der Waals surface area contributed by atoms with Crippen molar-refractivity contribution in [2.24, 2.45) is 0 Å². The van der Waals surface area contributed by atoms with Gasteiger partial charge in [0.05, 0.1) is 0 Å². The maximum absolute atomic E-state index is 11.0. The number of hydrogen-bond acceptors (Lipinski definition) is 6. The zero-order chi connectivity index (χ0) is 21.3. The number of rotatable bonds is 4. The molecule has 0 spiro atoms. The molecule has 0 radical (unpaired) electrons. The van der Waals surface area contributed by atoms with Crippen molar-refractivity contribution in [3.63, 3.8) is 0 Å². The molecule has 0 saturated heterocycles. The van der Waals surface area contributed by atoms with Gasteiger partial charge in [0.1, 0.15) is 5.15 Å². The van der Waals surface area contributed by atoms with E-state index < -0.39 is 0 Å². The molecule has 4 aromatic rings. The molecule has 0 saturated carbocycles. The van der Waals surface area contributed by atoms with Gasteiger partial charge in [-0.3, -0.25) is 9.78 Å². The fourth-order valence-corrected chi connectivity index (χ4v) is 2.75. The first-order chi connectivity index (χ1) is 14.5. The molecular weight excluding hydrogens is 447 g/mol. The molecule has 0 amide bonds. The van der Waals surface area contributed by atoms with Gasteiger partial charge in [-0.05, 0) is 42.5 Å². The zero-order valence-corrected chi connectivity index (χ0v) is 17.6. The summed E-state index contributed by atoms with van der Waals surface area (Å²) in [6.07, 6.45) is 3.02. The van der Waals surface area contributed by atoms with Crippen LogP contribution < -0.4 is 16.2 Å². The molecule has 0 atom stereocenters. The number of nitrogens with zero attached hydrogens (tertiary/aromatic N) is 3. The first-order valence-electron chi connectivity index (χ1n) is 8.57. The van der Waals surface area contributed by atoms with Gasteiger partial charge in [0.25, 0.3) is 5.56 Å². The quantitative estimate of drug-likeness (QED) is 0.338. The highest BCUT2D eigenvalue weighted by Crippen LogP contribution is 2.18. The number of benzene rings is 2. The predicted octanol–water partition coefficient (Wildman–Crippen LogP) is 5.69. The van der Waals surface area contributed by atoms with Gasteiger partial charge in [-0.1, -0.05) is 46.9 Å². The van der Waals surface area contributed by atoms with Gasteiger partial charge in [-0.25, -0.2) is 15.0 Å². The molecule has 3 N–H and O–H groups in total. The molecule has 10 heteroatoms. The number of H-pyrrole nitrogens is 1. The molecule has 2 aromatic heterocycles. The number of halogens is 3. The maximum atomic E-state index is 11.0. The second-order valence-electron chi connectivity index (χ2n) is 5.76. The molecule has 0 fully saturated rings. The Bertz CT molecular complexity index is 1140. The van der Waals surface area contributed by atoms with E-state index in [4.69, 9.17) is 34.8 Å². The topological polar surface area (TPSA) is 95.6 Å². The SMILES string of the molecule is Clc1cccc(Nc2nccc(Cl)n2)c1.O=c1ccnc(Nc2cccc(Cl)c2)[nH]1. The summed E-state index contributed by atoms with van der Waals surface area (Å²) in [5.74, 6) is 0.842. The minimum Gasteiger partial charge on any atom is -0.326 e. The average molecular weight is 462 g/mol. The van der Waals surface area contributed by atoms with Gasteiger partial charge >= 0.3 is 0 Å². The van der Waals surface area contributed by atoms with Crippen molar-refractivity contribution in [3.05, 3.63) is 98.6 Å². The molecule has 30 heavy (non-hydrogen) atoms. The lowest BCUT2D eigenvalue weighted by molar-refractivity contribution is 1.12. The van der Waals surface area contributed by atoms with E-state index in [0.29, 0.717) is 27.1 Å². The molecule has 0 aliphatic carbocycles. The number of nitrogens with one attached hydrogen (secondary N) is 3. The van der Waals surface area contributed by atoms with E-state index in [-0.39, 0.29) is 5.56 Å². The Morgan fingerprint density at radius 3 is 2.00 bits per heavy atom. The van der Waals surface area contributed by atoms with E-state index >= 15 is 0 Å². The lowest BCUT2D eigenvalue weighted by atomic mass is 10.3. The van der Waals surface area contributed by atoms with E-state index in [1.54, 1.807) is 36.5 Å². The standard InChI is InChI=1S/C10H7Cl2N3.C10H8ClN3O/c11-7-2-1-3-8(6-7)14-10-13-5-4-9(12)15-10;11-7-2-1-3-8(6-7)13-10-12-5-4-9(15)14-10/h1-6H,(H,13,14,15);1-6H,(H2,12,13,14,15). The van der Waals surface area contributed by atoms with E-state index in [2.05, 4.69) is 30.6 Å². The van der Waals surface area contributed by atoms with Crippen molar-refractivity contribution >= 4 is 58.1 Å². The van der Waals surface area contributed by atoms with Crippen LogP contribution in [0.5, 0.6) is 0 Å². The van der Waals surface area contributed by atoms with Crippen LogP contribution in [0, 0.1) is 0 Å². The first-order valence-corrected chi connectivity index (χ1v) is 9.70. The molecule has 2 heterocycles. The molecule has 0 aliphatic rings. The normalized spacial score (nSPS) is 9.97. The lowest BCUT2D eigenvalue weighted by Crippen LogP contribution is -2.08. The number of anilines is 4. The van der Waals surface area contributed by atoms with E-state index in [9.17, 15) is 4.79 Å². The third-order valence-corrected chi connectivity index (χ3v) is 4.14. The van der Waals surface area contributed by atoms with Crippen molar-refractivity contribution < 1.29 is 0 Å². The highest BCUT2D eigenvalue weighted by atomic mass is 35.5. The van der Waals surface area contributed by atoms with Crippen LogP contribution in [0.25, 0.3) is 0 Å². The molecule has 7 nitrogen and oxygen atoms in total. The molecule has 152 valence electrons. The summed E-state index contributed by atoms with van der Waals surface area (Å²) < 4.78 is 0. The van der Waals surface area contributed by atoms with Gasteiger partial charge in [-0.2, -0.15) is 0 Å².